The highest BCUT2D eigenvalue weighted by atomic mass is 16.5. The Morgan fingerprint density at radius 1 is 1.26 bits per heavy atom. The predicted octanol–water partition coefficient (Wildman–Crippen LogP) is 2.57. The van der Waals surface area contributed by atoms with Crippen molar-refractivity contribution >= 4 is 5.97 Å². The van der Waals surface area contributed by atoms with E-state index in [9.17, 15) is 4.79 Å². The summed E-state index contributed by atoms with van der Waals surface area (Å²) < 4.78 is 10.4. The van der Waals surface area contributed by atoms with Crippen LogP contribution in [-0.2, 0) is 28.8 Å². The van der Waals surface area contributed by atoms with E-state index in [0.29, 0.717) is 12.5 Å². The third-order valence-corrected chi connectivity index (χ3v) is 2.71. The van der Waals surface area contributed by atoms with E-state index < -0.39 is 0 Å². The van der Waals surface area contributed by atoms with Gasteiger partial charge >= 0.3 is 5.97 Å². The summed E-state index contributed by atoms with van der Waals surface area (Å²) in [4.78, 5) is 15.4. The predicted molar refractivity (Wildman–Crippen MR) is 70.7 cm³/mol. The van der Waals surface area contributed by atoms with Crippen LogP contribution in [0.15, 0.2) is 40.9 Å². The van der Waals surface area contributed by atoms with Gasteiger partial charge in [0.15, 0.2) is 0 Å². The highest BCUT2D eigenvalue weighted by Crippen LogP contribution is 2.09. The Morgan fingerprint density at radius 3 is 2.79 bits per heavy atom. The normalized spacial score (nSPS) is 10.4. The second kappa shape index (κ2) is 6.73. The van der Waals surface area contributed by atoms with Crippen molar-refractivity contribution in [2.75, 3.05) is 6.61 Å². The van der Waals surface area contributed by atoms with Gasteiger partial charge in [-0.1, -0.05) is 30.3 Å². The summed E-state index contributed by atoms with van der Waals surface area (Å²) in [6, 6.07) is 10.2. The fourth-order valence-corrected chi connectivity index (χ4v) is 1.79. The van der Waals surface area contributed by atoms with Crippen molar-refractivity contribution in [1.29, 1.82) is 0 Å². The van der Waals surface area contributed by atoms with E-state index in [1.165, 1.54) is 5.56 Å². The van der Waals surface area contributed by atoms with Crippen LogP contribution in [0.3, 0.4) is 0 Å². The number of oxazole rings is 1. The first-order chi connectivity index (χ1) is 9.28. The van der Waals surface area contributed by atoms with Gasteiger partial charge in [0.25, 0.3) is 0 Å². The third-order valence-electron chi connectivity index (χ3n) is 2.71. The first kappa shape index (κ1) is 13.3. The number of esters is 1. The average molecular weight is 259 g/mol. The standard InChI is InChI=1S/C15H17NO3/c1-2-18-15(17)10-14-16-11-13(19-14)9-8-12-6-4-3-5-7-12/h3-7,11H,2,8-10H2,1H3. The van der Waals surface area contributed by atoms with Gasteiger partial charge in [-0.15, -0.1) is 0 Å². The van der Waals surface area contributed by atoms with Crippen molar-refractivity contribution in [3.8, 4) is 0 Å². The van der Waals surface area contributed by atoms with Gasteiger partial charge in [-0.25, -0.2) is 4.98 Å². The van der Waals surface area contributed by atoms with E-state index in [2.05, 4.69) is 17.1 Å². The average Bonchev–Trinajstić information content (AvgIpc) is 2.85. The highest BCUT2D eigenvalue weighted by molar-refractivity contribution is 5.71. The number of carbonyl (C=O) groups excluding carboxylic acids is 1. The molecule has 100 valence electrons. The first-order valence-corrected chi connectivity index (χ1v) is 6.41. The maximum absolute atomic E-state index is 11.3. The molecule has 0 saturated heterocycles. The Balaban J connectivity index is 1.85. The van der Waals surface area contributed by atoms with E-state index in [1.807, 2.05) is 18.2 Å². The van der Waals surface area contributed by atoms with E-state index in [1.54, 1.807) is 13.1 Å². The van der Waals surface area contributed by atoms with Crippen LogP contribution < -0.4 is 0 Å². The lowest BCUT2D eigenvalue weighted by Gasteiger charge is -1.99. The third kappa shape index (κ3) is 4.25. The summed E-state index contributed by atoms with van der Waals surface area (Å²) in [5.74, 6) is 0.906. The zero-order chi connectivity index (χ0) is 13.5. The minimum Gasteiger partial charge on any atom is -0.466 e. The molecule has 19 heavy (non-hydrogen) atoms. The van der Waals surface area contributed by atoms with Gasteiger partial charge in [-0.05, 0) is 18.9 Å². The molecule has 0 fully saturated rings. The fraction of sp³-hybridized carbons (Fsp3) is 0.333. The number of aromatic nitrogens is 1. The Labute approximate surface area is 112 Å². The van der Waals surface area contributed by atoms with E-state index in [0.717, 1.165) is 18.6 Å². The quantitative estimate of drug-likeness (QED) is 0.748. The Hall–Kier alpha value is -2.10. The molecule has 0 aliphatic carbocycles. The van der Waals surface area contributed by atoms with Gasteiger partial charge in [-0.3, -0.25) is 4.79 Å². The number of hydrogen-bond donors (Lipinski definition) is 0. The summed E-state index contributed by atoms with van der Waals surface area (Å²) >= 11 is 0. The smallest absolute Gasteiger partial charge is 0.315 e. The van der Waals surface area contributed by atoms with Gasteiger partial charge < -0.3 is 9.15 Å². The van der Waals surface area contributed by atoms with Crippen LogP contribution in [0.1, 0.15) is 24.1 Å². The molecular weight excluding hydrogens is 242 g/mol. The molecule has 2 rings (SSSR count). The van der Waals surface area contributed by atoms with Crippen molar-refractivity contribution in [3.05, 3.63) is 53.7 Å². The van der Waals surface area contributed by atoms with Crippen molar-refractivity contribution in [1.82, 2.24) is 4.98 Å². The summed E-state index contributed by atoms with van der Waals surface area (Å²) in [5.41, 5.74) is 1.26. The van der Waals surface area contributed by atoms with E-state index in [4.69, 9.17) is 9.15 Å². The molecule has 0 aliphatic rings. The second-order valence-electron chi connectivity index (χ2n) is 4.19. The lowest BCUT2D eigenvalue weighted by molar-refractivity contribution is -0.142. The molecule has 0 spiro atoms. The number of ether oxygens (including phenoxy) is 1. The molecule has 1 aromatic carbocycles. The van der Waals surface area contributed by atoms with Crippen molar-refractivity contribution in [2.24, 2.45) is 0 Å². The van der Waals surface area contributed by atoms with Crippen LogP contribution in [0.25, 0.3) is 0 Å². The maximum Gasteiger partial charge on any atom is 0.315 e. The Morgan fingerprint density at radius 2 is 2.05 bits per heavy atom. The van der Waals surface area contributed by atoms with Crippen molar-refractivity contribution in [2.45, 2.75) is 26.2 Å². The van der Waals surface area contributed by atoms with Gasteiger partial charge in [0.1, 0.15) is 12.2 Å². The zero-order valence-electron chi connectivity index (χ0n) is 11.0. The van der Waals surface area contributed by atoms with Crippen LogP contribution in [0, 0.1) is 0 Å². The largest absolute Gasteiger partial charge is 0.466 e. The van der Waals surface area contributed by atoms with Gasteiger partial charge in [0.05, 0.1) is 12.8 Å². The SMILES string of the molecule is CCOC(=O)Cc1ncc(CCc2ccccc2)o1. The molecule has 1 heterocycles. The van der Waals surface area contributed by atoms with Crippen LogP contribution in [0.4, 0.5) is 0 Å². The fourth-order valence-electron chi connectivity index (χ4n) is 1.79. The summed E-state index contributed by atoms with van der Waals surface area (Å²) in [7, 11) is 0. The molecule has 0 unspecified atom stereocenters. The molecule has 4 nitrogen and oxygen atoms in total. The van der Waals surface area contributed by atoms with Crippen LogP contribution in [-0.4, -0.2) is 17.6 Å². The van der Waals surface area contributed by atoms with Gasteiger partial charge in [0.2, 0.25) is 5.89 Å². The number of carbonyl (C=O) groups is 1. The number of hydrogen-bond acceptors (Lipinski definition) is 4. The number of nitrogens with zero attached hydrogens (tertiary/aromatic N) is 1. The minimum absolute atomic E-state index is 0.0964. The number of aryl methyl sites for hydroxylation is 2. The molecule has 0 atom stereocenters. The summed E-state index contributed by atoms with van der Waals surface area (Å²) in [6.45, 7) is 2.15. The summed E-state index contributed by atoms with van der Waals surface area (Å²) in [6.07, 6.45) is 3.45. The van der Waals surface area contributed by atoms with E-state index >= 15 is 0 Å². The molecule has 0 radical (unpaired) electrons. The van der Waals surface area contributed by atoms with Crippen LogP contribution >= 0.6 is 0 Å². The zero-order valence-corrected chi connectivity index (χ0v) is 11.0. The van der Waals surface area contributed by atoms with Gasteiger partial charge in [0, 0.05) is 6.42 Å². The Kier molecular flexibility index (Phi) is 4.72. The molecule has 0 saturated carbocycles. The van der Waals surface area contributed by atoms with Crippen LogP contribution in [0.2, 0.25) is 0 Å². The lowest BCUT2D eigenvalue weighted by atomic mass is 10.1. The highest BCUT2D eigenvalue weighted by Gasteiger charge is 2.10. The molecule has 0 amide bonds. The molecule has 1 aromatic heterocycles. The monoisotopic (exact) mass is 259 g/mol. The van der Waals surface area contributed by atoms with Crippen LogP contribution in [0.5, 0.6) is 0 Å². The molecule has 0 aliphatic heterocycles. The minimum atomic E-state index is -0.307. The van der Waals surface area contributed by atoms with Crippen molar-refractivity contribution in [3.63, 3.8) is 0 Å². The van der Waals surface area contributed by atoms with Crippen molar-refractivity contribution < 1.29 is 13.9 Å². The molecule has 4 heteroatoms. The Bertz CT molecular complexity index is 519. The van der Waals surface area contributed by atoms with E-state index in [-0.39, 0.29) is 12.4 Å². The summed E-state index contributed by atoms with van der Waals surface area (Å²) in [5, 5.41) is 0. The molecule has 2 aromatic rings. The maximum atomic E-state index is 11.3. The topological polar surface area (TPSA) is 52.3 Å². The molecular formula is C15H17NO3. The number of benzene rings is 1. The first-order valence-electron chi connectivity index (χ1n) is 6.41. The number of rotatable bonds is 6. The molecule has 0 N–H and O–H groups in total. The second-order valence-corrected chi connectivity index (χ2v) is 4.19. The van der Waals surface area contributed by atoms with Gasteiger partial charge in [-0.2, -0.15) is 0 Å². The molecule has 0 bridgehead atoms. The lowest BCUT2D eigenvalue weighted by Crippen LogP contribution is -2.07.